The molecule has 2 heterocycles. The minimum atomic E-state index is 0.953. The van der Waals surface area contributed by atoms with E-state index in [1.807, 2.05) is 31.2 Å². The highest BCUT2D eigenvalue weighted by Gasteiger charge is 2.29. The quantitative estimate of drug-likeness (QED) is 0.586. The zero-order valence-corrected chi connectivity index (χ0v) is 14.3. The highest BCUT2D eigenvalue weighted by atomic mass is 15.0. The van der Waals surface area contributed by atoms with Gasteiger partial charge in [0, 0.05) is 29.9 Å². The average molecular weight is 325 g/mol. The molecular formula is C23H21N2+. The van der Waals surface area contributed by atoms with Gasteiger partial charge in [0.05, 0.1) is 11.1 Å². The van der Waals surface area contributed by atoms with Gasteiger partial charge in [-0.15, -0.1) is 0 Å². The minimum absolute atomic E-state index is 0.953. The normalized spacial score (nSPS) is 18.8. The number of rotatable bonds is 3. The summed E-state index contributed by atoms with van der Waals surface area (Å²) in [6.45, 7) is 2.02. The van der Waals surface area contributed by atoms with E-state index in [-0.39, 0.29) is 0 Å². The van der Waals surface area contributed by atoms with Gasteiger partial charge in [-0.25, -0.2) is 0 Å². The van der Waals surface area contributed by atoms with Crippen LogP contribution in [-0.2, 0) is 6.42 Å². The molecular weight excluding hydrogens is 304 g/mol. The molecule has 0 saturated carbocycles. The van der Waals surface area contributed by atoms with Crippen molar-refractivity contribution in [3.8, 4) is 0 Å². The van der Waals surface area contributed by atoms with Crippen LogP contribution in [0.3, 0.4) is 0 Å². The van der Waals surface area contributed by atoms with Gasteiger partial charge in [0.25, 0.3) is 0 Å². The predicted octanol–water partition coefficient (Wildman–Crippen LogP) is 5.44. The van der Waals surface area contributed by atoms with E-state index in [0.717, 1.165) is 6.42 Å². The van der Waals surface area contributed by atoms with Crippen LogP contribution in [0.15, 0.2) is 90.8 Å². The molecule has 0 atom stereocenters. The van der Waals surface area contributed by atoms with E-state index < -0.39 is 0 Å². The highest BCUT2D eigenvalue weighted by molar-refractivity contribution is 6.14. The third-order valence-electron chi connectivity index (χ3n) is 4.51. The molecule has 4 rings (SSSR count). The molecule has 2 aromatic rings. The topological polar surface area (TPSA) is 15.0 Å². The molecule has 0 spiro atoms. The third-order valence-corrected chi connectivity index (χ3v) is 4.51. The van der Waals surface area contributed by atoms with E-state index >= 15 is 0 Å². The van der Waals surface area contributed by atoms with Crippen LogP contribution < -0.4 is 5.32 Å². The summed E-state index contributed by atoms with van der Waals surface area (Å²) in [5.74, 6) is 0. The van der Waals surface area contributed by atoms with Crippen LogP contribution in [-0.4, -0.2) is 10.8 Å². The van der Waals surface area contributed by atoms with Crippen LogP contribution >= 0.6 is 0 Å². The first-order valence-electron chi connectivity index (χ1n) is 8.63. The number of anilines is 1. The lowest BCUT2D eigenvalue weighted by molar-refractivity contribution is -0.350. The van der Waals surface area contributed by atoms with Crippen molar-refractivity contribution < 1.29 is 4.58 Å². The van der Waals surface area contributed by atoms with E-state index in [1.54, 1.807) is 0 Å². The first kappa shape index (κ1) is 15.4. The molecule has 0 amide bonds. The summed E-state index contributed by atoms with van der Waals surface area (Å²) in [4.78, 5) is 0. The lowest BCUT2D eigenvalue weighted by atomic mass is 10.0. The first-order chi connectivity index (χ1) is 12.4. The van der Waals surface area contributed by atoms with Crippen LogP contribution in [0.4, 0.5) is 11.4 Å². The zero-order valence-electron chi connectivity index (χ0n) is 14.3. The maximum absolute atomic E-state index is 3.60. The van der Waals surface area contributed by atoms with Crippen molar-refractivity contribution in [3.63, 3.8) is 0 Å². The second-order valence-electron chi connectivity index (χ2n) is 6.16. The van der Waals surface area contributed by atoms with E-state index in [4.69, 9.17) is 0 Å². The maximum atomic E-state index is 3.60. The monoisotopic (exact) mass is 325 g/mol. The summed E-state index contributed by atoms with van der Waals surface area (Å²) in [6, 6.07) is 17.1. The molecule has 25 heavy (non-hydrogen) atoms. The highest BCUT2D eigenvalue weighted by Crippen LogP contribution is 2.37. The summed E-state index contributed by atoms with van der Waals surface area (Å²) in [5.41, 5.74) is 7.62. The lowest BCUT2D eigenvalue weighted by Gasteiger charge is -2.02. The van der Waals surface area contributed by atoms with Crippen molar-refractivity contribution in [1.82, 2.24) is 0 Å². The number of hydrogen-bond donors (Lipinski definition) is 1. The molecule has 0 unspecified atom stereocenters. The van der Waals surface area contributed by atoms with Crippen molar-refractivity contribution in [2.45, 2.75) is 13.3 Å². The Morgan fingerprint density at radius 2 is 1.72 bits per heavy atom. The van der Waals surface area contributed by atoms with Gasteiger partial charge < -0.3 is 5.32 Å². The van der Waals surface area contributed by atoms with Gasteiger partial charge in [0.15, 0.2) is 12.4 Å². The zero-order chi connectivity index (χ0) is 17.1. The molecule has 0 bridgehead atoms. The van der Waals surface area contributed by atoms with Gasteiger partial charge in [-0.05, 0) is 24.6 Å². The Morgan fingerprint density at radius 3 is 2.60 bits per heavy atom. The van der Waals surface area contributed by atoms with Gasteiger partial charge >= 0.3 is 0 Å². The maximum Gasteiger partial charge on any atom is 0.218 e. The molecule has 0 saturated heterocycles. The van der Waals surface area contributed by atoms with Crippen LogP contribution in [0, 0.1) is 0 Å². The largest absolute Gasteiger partial charge is 0.358 e. The molecule has 2 nitrogen and oxygen atoms in total. The molecule has 0 aromatic heterocycles. The molecule has 122 valence electrons. The molecule has 0 aliphatic carbocycles. The fraction of sp³-hybridized carbons (Fsp3) is 0.0870. The number of nitrogens with one attached hydrogen (secondary N) is 1. The van der Waals surface area contributed by atoms with Crippen LogP contribution in [0.5, 0.6) is 0 Å². The summed E-state index contributed by atoms with van der Waals surface area (Å²) in [6.07, 6.45) is 15.5. The van der Waals surface area contributed by atoms with Crippen LogP contribution in [0.25, 0.3) is 5.57 Å². The van der Waals surface area contributed by atoms with Crippen molar-refractivity contribution >= 4 is 23.2 Å². The van der Waals surface area contributed by atoms with E-state index in [1.165, 1.54) is 33.8 Å². The number of allylic oxidation sites excluding steroid dienone is 7. The fourth-order valence-electron chi connectivity index (χ4n) is 3.31. The summed E-state index contributed by atoms with van der Waals surface area (Å²) >= 11 is 0. The number of benzene rings is 2. The van der Waals surface area contributed by atoms with Gasteiger partial charge in [0.2, 0.25) is 5.69 Å². The van der Waals surface area contributed by atoms with Crippen molar-refractivity contribution in [1.29, 1.82) is 0 Å². The van der Waals surface area contributed by atoms with E-state index in [0.29, 0.717) is 0 Å². The van der Waals surface area contributed by atoms with Gasteiger partial charge in [-0.3, -0.25) is 0 Å². The fourth-order valence-corrected chi connectivity index (χ4v) is 3.31. The van der Waals surface area contributed by atoms with E-state index in [2.05, 4.69) is 76.9 Å². The van der Waals surface area contributed by atoms with Crippen molar-refractivity contribution in [2.75, 3.05) is 5.32 Å². The Kier molecular flexibility index (Phi) is 4.17. The summed E-state index contributed by atoms with van der Waals surface area (Å²) in [7, 11) is 0. The van der Waals surface area contributed by atoms with Crippen molar-refractivity contribution in [2.24, 2.45) is 0 Å². The summed E-state index contributed by atoms with van der Waals surface area (Å²) < 4.78 is 2.20. The molecule has 1 N–H and O–H groups in total. The third kappa shape index (κ3) is 2.99. The SMILES string of the molecule is CC=CC=CC=C[N+]1=CC(=C2Cc3ccccc3N2)c2ccccc21. The second-order valence-corrected chi connectivity index (χ2v) is 6.16. The number of para-hydroxylation sites is 2. The standard InChI is InChI=1S/C23H20N2/c1-2-3-4-5-10-15-25-17-20(19-12-7-9-14-23(19)25)22-16-18-11-6-8-13-21(18)24-22/h2-15,17H,16H2,1H3/p+1. The summed E-state index contributed by atoms with van der Waals surface area (Å²) in [5, 5.41) is 3.60. The smallest absolute Gasteiger partial charge is 0.218 e. The molecule has 2 aromatic carbocycles. The Labute approximate surface area is 148 Å². The van der Waals surface area contributed by atoms with Gasteiger partial charge in [-0.2, -0.15) is 4.58 Å². The molecule has 0 fully saturated rings. The molecule has 2 aliphatic rings. The second kappa shape index (κ2) is 6.78. The van der Waals surface area contributed by atoms with Gasteiger partial charge in [-0.1, -0.05) is 54.6 Å². The Morgan fingerprint density at radius 1 is 0.920 bits per heavy atom. The predicted molar refractivity (Wildman–Crippen MR) is 106 cm³/mol. The molecule has 0 radical (unpaired) electrons. The van der Waals surface area contributed by atoms with Crippen molar-refractivity contribution in [3.05, 3.63) is 102 Å². The first-order valence-corrected chi connectivity index (χ1v) is 8.63. The molecule has 2 heteroatoms. The Balaban J connectivity index is 1.71. The van der Waals surface area contributed by atoms with Crippen LogP contribution in [0.1, 0.15) is 18.1 Å². The Bertz CT molecular complexity index is 929. The van der Waals surface area contributed by atoms with E-state index in [9.17, 15) is 0 Å². The number of hydrogen-bond acceptors (Lipinski definition) is 1. The average Bonchev–Trinajstić information content (AvgIpc) is 3.23. The number of fused-ring (bicyclic) bond motifs is 2. The molecule has 2 aliphatic heterocycles. The van der Waals surface area contributed by atoms with Gasteiger partial charge in [0.1, 0.15) is 0 Å². The van der Waals surface area contributed by atoms with Crippen LogP contribution in [0.2, 0.25) is 0 Å². The lowest BCUT2D eigenvalue weighted by Crippen LogP contribution is -1.98. The number of nitrogens with zero attached hydrogens (tertiary/aromatic N) is 1. The minimum Gasteiger partial charge on any atom is -0.358 e. The Hall–Kier alpha value is -3.13.